The maximum absolute atomic E-state index is 12.9. The van der Waals surface area contributed by atoms with E-state index in [0.29, 0.717) is 12.1 Å². The molecule has 0 saturated heterocycles. The Bertz CT molecular complexity index is 1450. The minimum Gasteiger partial charge on any atom is -0.348 e. The number of carbonyl (C=O) groups excluding carboxylic acids is 1. The summed E-state index contributed by atoms with van der Waals surface area (Å²) in [6.07, 6.45) is 9.10. The third kappa shape index (κ3) is 5.05. The second-order valence-corrected chi connectivity index (χ2v) is 8.66. The van der Waals surface area contributed by atoms with Gasteiger partial charge in [-0.3, -0.25) is 19.9 Å². The third-order valence-corrected chi connectivity index (χ3v) is 6.29. The summed E-state index contributed by atoms with van der Waals surface area (Å²) in [5, 5.41) is 11.6. The summed E-state index contributed by atoms with van der Waals surface area (Å²) in [6.45, 7) is 0.454. The van der Waals surface area contributed by atoms with Crippen LogP contribution in [-0.2, 0) is 6.54 Å². The summed E-state index contributed by atoms with van der Waals surface area (Å²) in [4.78, 5) is 23.1. The number of hydrogen-bond acceptors (Lipinski definition) is 5. The van der Waals surface area contributed by atoms with Crippen LogP contribution in [0.15, 0.2) is 101 Å². The number of nitrogens with one attached hydrogen (secondary N) is 2. The van der Waals surface area contributed by atoms with Crippen LogP contribution in [0.4, 0.5) is 0 Å². The van der Waals surface area contributed by atoms with Gasteiger partial charge in [-0.2, -0.15) is 5.10 Å². The Morgan fingerprint density at radius 1 is 0.941 bits per heavy atom. The van der Waals surface area contributed by atoms with Crippen molar-refractivity contribution in [3.05, 3.63) is 114 Å². The molecule has 1 amide bonds. The predicted molar refractivity (Wildman–Crippen MR) is 135 cm³/mol. The Balaban J connectivity index is 1.32. The van der Waals surface area contributed by atoms with Gasteiger partial charge < -0.3 is 5.32 Å². The van der Waals surface area contributed by atoms with Crippen molar-refractivity contribution in [3.8, 4) is 0 Å². The summed E-state index contributed by atoms with van der Waals surface area (Å²) in [5.41, 5.74) is 4.32. The fraction of sp³-hybridized carbons (Fsp3) is 0.0370. The molecule has 0 saturated carbocycles. The van der Waals surface area contributed by atoms with Crippen LogP contribution in [0.25, 0.3) is 23.1 Å². The molecule has 0 aliphatic carbocycles. The van der Waals surface area contributed by atoms with E-state index >= 15 is 0 Å². The molecular formula is C27H21N5OS. The van der Waals surface area contributed by atoms with Gasteiger partial charge in [0.25, 0.3) is 5.91 Å². The molecule has 0 aliphatic heterocycles. The van der Waals surface area contributed by atoms with E-state index in [9.17, 15) is 4.79 Å². The zero-order valence-electron chi connectivity index (χ0n) is 18.2. The molecule has 0 aliphatic rings. The molecule has 0 spiro atoms. The normalized spacial score (nSPS) is 11.2. The number of benzene rings is 2. The lowest BCUT2D eigenvalue weighted by atomic mass is 10.2. The summed E-state index contributed by atoms with van der Waals surface area (Å²) in [7, 11) is 0. The van der Waals surface area contributed by atoms with Gasteiger partial charge >= 0.3 is 0 Å². The van der Waals surface area contributed by atoms with Crippen LogP contribution < -0.4 is 5.32 Å². The van der Waals surface area contributed by atoms with Gasteiger partial charge in [0.05, 0.1) is 22.5 Å². The first-order valence-corrected chi connectivity index (χ1v) is 11.6. The number of aromatic amines is 1. The molecule has 166 valence electrons. The van der Waals surface area contributed by atoms with Gasteiger partial charge in [-0.15, -0.1) is 0 Å². The number of hydrogen-bond donors (Lipinski definition) is 2. The molecule has 0 radical (unpaired) electrons. The molecule has 2 N–H and O–H groups in total. The van der Waals surface area contributed by atoms with Crippen LogP contribution in [0.2, 0.25) is 0 Å². The van der Waals surface area contributed by atoms with Crippen molar-refractivity contribution in [3.63, 3.8) is 0 Å². The van der Waals surface area contributed by atoms with Crippen LogP contribution in [0.3, 0.4) is 0 Å². The number of amides is 1. The second-order valence-electron chi connectivity index (χ2n) is 7.54. The molecule has 5 rings (SSSR count). The minimum atomic E-state index is -0.107. The minimum absolute atomic E-state index is 0.107. The van der Waals surface area contributed by atoms with E-state index in [0.717, 1.165) is 37.6 Å². The van der Waals surface area contributed by atoms with Gasteiger partial charge in [0, 0.05) is 40.3 Å². The quantitative estimate of drug-likeness (QED) is 0.328. The van der Waals surface area contributed by atoms with E-state index in [2.05, 4.69) is 31.5 Å². The zero-order chi connectivity index (χ0) is 23.2. The number of H-pyrrole nitrogens is 1. The molecule has 3 aromatic heterocycles. The number of carbonyl (C=O) groups is 1. The van der Waals surface area contributed by atoms with Crippen molar-refractivity contribution < 1.29 is 4.79 Å². The smallest absolute Gasteiger partial charge is 0.252 e. The Morgan fingerprint density at radius 2 is 1.79 bits per heavy atom. The molecule has 6 nitrogen and oxygen atoms in total. The van der Waals surface area contributed by atoms with Crippen LogP contribution in [0, 0.1) is 0 Å². The van der Waals surface area contributed by atoms with Gasteiger partial charge in [-0.1, -0.05) is 30.0 Å². The molecule has 7 heteroatoms. The average Bonchev–Trinajstić information content (AvgIpc) is 3.30. The maximum Gasteiger partial charge on any atom is 0.252 e. The SMILES string of the molecule is O=C(NCc1ccncc1)c1ccccc1Sc1ccc2c(C=Cc3ccccn3)n[nH]c2c1. The zero-order valence-corrected chi connectivity index (χ0v) is 19.0. The standard InChI is InChI=1S/C27H21N5OS/c33-27(30-18-19-12-15-28-16-13-19)23-6-1-2-7-26(23)34-21-9-10-22-24(31-32-25(22)17-21)11-8-20-5-3-4-14-29-20/h1-17H,18H2,(H,30,33)(H,31,32). The molecule has 3 heterocycles. The highest BCUT2D eigenvalue weighted by Crippen LogP contribution is 2.33. The number of fused-ring (bicyclic) bond motifs is 1. The summed E-state index contributed by atoms with van der Waals surface area (Å²) in [6, 6.07) is 23.4. The first-order chi connectivity index (χ1) is 16.8. The lowest BCUT2D eigenvalue weighted by Gasteiger charge is -2.10. The fourth-order valence-electron chi connectivity index (χ4n) is 3.50. The number of nitrogens with zero attached hydrogens (tertiary/aromatic N) is 3. The molecule has 0 atom stereocenters. The van der Waals surface area contributed by atoms with Crippen LogP contribution in [0.5, 0.6) is 0 Å². The average molecular weight is 464 g/mol. The largest absolute Gasteiger partial charge is 0.348 e. The third-order valence-electron chi connectivity index (χ3n) is 5.23. The summed E-state index contributed by atoms with van der Waals surface area (Å²) in [5.74, 6) is -0.107. The molecule has 0 fully saturated rings. The van der Waals surface area contributed by atoms with E-state index in [1.165, 1.54) is 0 Å². The van der Waals surface area contributed by atoms with Gasteiger partial charge in [0.15, 0.2) is 0 Å². The van der Waals surface area contributed by atoms with E-state index in [4.69, 9.17) is 0 Å². The van der Waals surface area contributed by atoms with Crippen molar-refractivity contribution in [1.29, 1.82) is 0 Å². The maximum atomic E-state index is 12.9. The Kier molecular flexibility index (Phi) is 6.45. The highest BCUT2D eigenvalue weighted by Gasteiger charge is 2.13. The van der Waals surface area contributed by atoms with Crippen LogP contribution in [-0.4, -0.2) is 26.1 Å². The topological polar surface area (TPSA) is 83.6 Å². The molecule has 34 heavy (non-hydrogen) atoms. The van der Waals surface area contributed by atoms with Gasteiger partial charge in [-0.05, 0) is 72.3 Å². The van der Waals surface area contributed by atoms with Crippen molar-refractivity contribution in [1.82, 2.24) is 25.5 Å². The van der Waals surface area contributed by atoms with Gasteiger partial charge in [0.1, 0.15) is 0 Å². The molecule has 2 aromatic carbocycles. The number of pyridine rings is 2. The predicted octanol–water partition coefficient (Wildman–Crippen LogP) is 5.60. The lowest BCUT2D eigenvalue weighted by molar-refractivity contribution is 0.0948. The van der Waals surface area contributed by atoms with Crippen LogP contribution in [0.1, 0.15) is 27.3 Å². The first kappa shape index (κ1) is 21.6. The van der Waals surface area contributed by atoms with Gasteiger partial charge in [-0.25, -0.2) is 0 Å². The molecule has 0 unspecified atom stereocenters. The van der Waals surface area contributed by atoms with E-state index in [-0.39, 0.29) is 5.91 Å². The summed E-state index contributed by atoms with van der Waals surface area (Å²) >= 11 is 1.55. The van der Waals surface area contributed by atoms with E-state index in [1.807, 2.05) is 78.9 Å². The molecule has 5 aromatic rings. The van der Waals surface area contributed by atoms with E-state index in [1.54, 1.807) is 30.4 Å². The van der Waals surface area contributed by atoms with Gasteiger partial charge in [0.2, 0.25) is 0 Å². The summed E-state index contributed by atoms with van der Waals surface area (Å²) < 4.78 is 0. The molecular weight excluding hydrogens is 442 g/mol. The van der Waals surface area contributed by atoms with Crippen molar-refractivity contribution in [2.75, 3.05) is 0 Å². The lowest BCUT2D eigenvalue weighted by Crippen LogP contribution is -2.23. The van der Waals surface area contributed by atoms with E-state index < -0.39 is 0 Å². The van der Waals surface area contributed by atoms with Crippen LogP contribution >= 0.6 is 11.8 Å². The first-order valence-electron chi connectivity index (χ1n) is 10.8. The van der Waals surface area contributed by atoms with Crippen molar-refractivity contribution in [2.45, 2.75) is 16.3 Å². The fourth-order valence-corrected chi connectivity index (χ4v) is 4.48. The Labute approximate surface area is 201 Å². The molecule has 0 bridgehead atoms. The Morgan fingerprint density at radius 3 is 2.65 bits per heavy atom. The highest BCUT2D eigenvalue weighted by atomic mass is 32.2. The number of rotatable bonds is 7. The number of aromatic nitrogens is 4. The highest BCUT2D eigenvalue weighted by molar-refractivity contribution is 7.99. The van der Waals surface area contributed by atoms with Crippen molar-refractivity contribution >= 4 is 40.7 Å². The Hall–Kier alpha value is -4.23. The monoisotopic (exact) mass is 463 g/mol. The van der Waals surface area contributed by atoms with Crippen molar-refractivity contribution in [2.24, 2.45) is 0 Å². The second kappa shape index (κ2) is 10.1.